The topological polar surface area (TPSA) is 29.5 Å². The third-order valence-electron chi connectivity index (χ3n) is 6.38. The summed E-state index contributed by atoms with van der Waals surface area (Å²) in [5.41, 5.74) is 0.445. The van der Waals surface area contributed by atoms with Crippen LogP contribution >= 0.6 is 0 Å². The number of carbonyl (C=O) groups is 1. The lowest BCUT2D eigenvalue weighted by Crippen LogP contribution is -2.51. The first-order valence-corrected chi connectivity index (χ1v) is 8.97. The summed E-state index contributed by atoms with van der Waals surface area (Å²) in [7, 11) is 0. The molecule has 4 saturated carbocycles. The number of nitrogens with zero attached hydrogens (tertiary/aromatic N) is 1. The summed E-state index contributed by atoms with van der Waals surface area (Å²) >= 11 is 0. The molecule has 1 heterocycles. The fourth-order valence-corrected chi connectivity index (χ4v) is 6.24. The molecule has 0 spiro atoms. The van der Waals surface area contributed by atoms with E-state index in [-0.39, 0.29) is 12.2 Å². The van der Waals surface area contributed by atoms with Crippen molar-refractivity contribution in [3.63, 3.8) is 0 Å². The lowest BCUT2D eigenvalue weighted by molar-refractivity contribution is -0.0627. The van der Waals surface area contributed by atoms with Gasteiger partial charge in [0.25, 0.3) is 0 Å². The summed E-state index contributed by atoms with van der Waals surface area (Å²) in [6, 6.07) is 0. The van der Waals surface area contributed by atoms with Gasteiger partial charge in [-0.05, 0) is 74.0 Å². The first-order chi connectivity index (χ1) is 10.0. The molecule has 1 aliphatic heterocycles. The Labute approximate surface area is 128 Å². The summed E-state index contributed by atoms with van der Waals surface area (Å²) < 4.78 is 5.59. The summed E-state index contributed by atoms with van der Waals surface area (Å²) in [5, 5.41) is 0. The van der Waals surface area contributed by atoms with Gasteiger partial charge in [0.2, 0.25) is 0 Å². The molecular formula is C18H29NO2. The molecule has 0 radical (unpaired) electrons. The Hall–Kier alpha value is -0.730. The van der Waals surface area contributed by atoms with Gasteiger partial charge in [-0.15, -0.1) is 0 Å². The lowest BCUT2D eigenvalue weighted by Gasteiger charge is -2.57. The molecule has 4 bridgehead atoms. The number of hydrogen-bond donors (Lipinski definition) is 0. The Morgan fingerprint density at radius 3 is 2.24 bits per heavy atom. The van der Waals surface area contributed by atoms with E-state index in [0.29, 0.717) is 11.3 Å². The van der Waals surface area contributed by atoms with Gasteiger partial charge in [-0.3, -0.25) is 0 Å². The van der Waals surface area contributed by atoms with Crippen molar-refractivity contribution in [2.75, 3.05) is 13.1 Å². The smallest absolute Gasteiger partial charge is 0.410 e. The first-order valence-electron chi connectivity index (χ1n) is 8.97. The molecule has 3 heteroatoms. The molecule has 21 heavy (non-hydrogen) atoms. The normalized spacial score (nSPS) is 44.7. The van der Waals surface area contributed by atoms with Crippen LogP contribution in [0.2, 0.25) is 0 Å². The minimum Gasteiger partial charge on any atom is -0.444 e. The van der Waals surface area contributed by atoms with Crippen molar-refractivity contribution in [3.05, 3.63) is 0 Å². The van der Waals surface area contributed by atoms with Gasteiger partial charge >= 0.3 is 6.09 Å². The molecule has 0 aromatic rings. The molecule has 5 aliphatic rings. The van der Waals surface area contributed by atoms with Crippen LogP contribution in [0.15, 0.2) is 0 Å². The van der Waals surface area contributed by atoms with E-state index in [9.17, 15) is 4.79 Å². The van der Waals surface area contributed by atoms with E-state index in [2.05, 4.69) is 13.8 Å². The minimum atomic E-state index is -0.0450. The van der Waals surface area contributed by atoms with Crippen LogP contribution in [0, 0.1) is 29.1 Å². The SMILES string of the molecule is CC(C)CC1CN(CC23CC4CC(CC(C4)C2)C3)C(=O)O1. The van der Waals surface area contributed by atoms with Crippen LogP contribution in [-0.4, -0.2) is 30.2 Å². The molecule has 118 valence electrons. The maximum absolute atomic E-state index is 12.2. The van der Waals surface area contributed by atoms with Crippen LogP contribution in [-0.2, 0) is 4.74 Å². The van der Waals surface area contributed by atoms with Gasteiger partial charge in [0.05, 0.1) is 6.54 Å². The second-order valence-electron chi connectivity index (χ2n) is 8.93. The van der Waals surface area contributed by atoms with E-state index in [1.54, 1.807) is 0 Å². The maximum atomic E-state index is 12.2. The highest BCUT2D eigenvalue weighted by Crippen LogP contribution is 2.60. The standard InChI is InChI=1S/C18H29NO2/c1-12(2)3-16-10-19(17(20)21-16)11-18-7-13-4-14(8-18)6-15(5-13)9-18/h12-16H,3-11H2,1-2H3. The zero-order valence-electron chi connectivity index (χ0n) is 13.5. The second kappa shape index (κ2) is 4.89. The summed E-state index contributed by atoms with van der Waals surface area (Å²) in [6.07, 6.45) is 9.62. The van der Waals surface area contributed by atoms with Gasteiger partial charge in [-0.1, -0.05) is 13.8 Å². The average Bonchev–Trinajstić information content (AvgIpc) is 2.65. The highest BCUT2D eigenvalue weighted by atomic mass is 16.6. The predicted octanol–water partition coefficient (Wildman–Crippen LogP) is 4.07. The molecular weight excluding hydrogens is 262 g/mol. The molecule has 1 saturated heterocycles. The highest BCUT2D eigenvalue weighted by molar-refractivity contribution is 5.70. The summed E-state index contributed by atoms with van der Waals surface area (Å²) in [4.78, 5) is 14.2. The van der Waals surface area contributed by atoms with Gasteiger partial charge in [-0.2, -0.15) is 0 Å². The van der Waals surface area contributed by atoms with Crippen molar-refractivity contribution in [2.45, 2.75) is 64.9 Å². The number of carbonyl (C=O) groups excluding carboxylic acids is 1. The maximum Gasteiger partial charge on any atom is 0.410 e. The van der Waals surface area contributed by atoms with Crippen LogP contribution in [0.4, 0.5) is 4.79 Å². The Kier molecular flexibility index (Phi) is 3.24. The number of amides is 1. The lowest BCUT2D eigenvalue weighted by atomic mass is 9.49. The molecule has 0 aromatic heterocycles. The van der Waals surface area contributed by atoms with Gasteiger partial charge in [0.15, 0.2) is 0 Å². The number of hydrogen-bond acceptors (Lipinski definition) is 2. The number of cyclic esters (lactones) is 1. The van der Waals surface area contributed by atoms with Gasteiger partial charge in [0.1, 0.15) is 6.10 Å². The van der Waals surface area contributed by atoms with Crippen LogP contribution in [0.3, 0.4) is 0 Å². The monoisotopic (exact) mass is 291 g/mol. The Morgan fingerprint density at radius 1 is 1.14 bits per heavy atom. The third kappa shape index (κ3) is 2.57. The van der Waals surface area contributed by atoms with Crippen LogP contribution in [0.25, 0.3) is 0 Å². The molecule has 5 rings (SSSR count). The highest BCUT2D eigenvalue weighted by Gasteiger charge is 2.52. The molecule has 4 aliphatic carbocycles. The van der Waals surface area contributed by atoms with Crippen molar-refractivity contribution in [1.82, 2.24) is 4.90 Å². The average molecular weight is 291 g/mol. The Balaban J connectivity index is 1.43. The van der Waals surface area contributed by atoms with E-state index in [0.717, 1.165) is 37.3 Å². The quantitative estimate of drug-likeness (QED) is 0.781. The zero-order valence-corrected chi connectivity index (χ0v) is 13.5. The zero-order chi connectivity index (χ0) is 14.6. The molecule has 1 unspecified atom stereocenters. The molecule has 3 nitrogen and oxygen atoms in total. The van der Waals surface area contributed by atoms with E-state index in [4.69, 9.17) is 4.74 Å². The van der Waals surface area contributed by atoms with E-state index >= 15 is 0 Å². The van der Waals surface area contributed by atoms with Crippen LogP contribution in [0.1, 0.15) is 58.8 Å². The molecule has 0 aromatic carbocycles. The van der Waals surface area contributed by atoms with Crippen molar-refractivity contribution in [2.24, 2.45) is 29.1 Å². The molecule has 0 N–H and O–H groups in total. The Bertz CT molecular complexity index is 396. The fraction of sp³-hybridized carbons (Fsp3) is 0.944. The van der Waals surface area contributed by atoms with Crippen LogP contribution < -0.4 is 0 Å². The fourth-order valence-electron chi connectivity index (χ4n) is 6.24. The number of ether oxygens (including phenoxy) is 1. The third-order valence-corrected chi connectivity index (χ3v) is 6.38. The summed E-state index contributed by atoms with van der Waals surface area (Å²) in [5.74, 6) is 3.48. The molecule has 5 fully saturated rings. The number of rotatable bonds is 4. The van der Waals surface area contributed by atoms with Crippen molar-refractivity contribution < 1.29 is 9.53 Å². The van der Waals surface area contributed by atoms with E-state index < -0.39 is 0 Å². The van der Waals surface area contributed by atoms with Crippen molar-refractivity contribution in [1.29, 1.82) is 0 Å². The molecule has 1 atom stereocenters. The van der Waals surface area contributed by atoms with E-state index in [1.807, 2.05) is 4.90 Å². The van der Waals surface area contributed by atoms with Crippen LogP contribution in [0.5, 0.6) is 0 Å². The van der Waals surface area contributed by atoms with Crippen molar-refractivity contribution in [3.8, 4) is 0 Å². The van der Waals surface area contributed by atoms with Crippen molar-refractivity contribution >= 4 is 6.09 Å². The Morgan fingerprint density at radius 2 is 1.71 bits per heavy atom. The second-order valence-corrected chi connectivity index (χ2v) is 8.93. The summed E-state index contributed by atoms with van der Waals surface area (Å²) in [6.45, 7) is 6.22. The minimum absolute atomic E-state index is 0.0450. The predicted molar refractivity (Wildman–Crippen MR) is 81.9 cm³/mol. The van der Waals surface area contributed by atoms with Gasteiger partial charge in [-0.25, -0.2) is 4.79 Å². The molecule has 1 amide bonds. The van der Waals surface area contributed by atoms with Gasteiger partial charge in [0, 0.05) is 6.54 Å². The largest absolute Gasteiger partial charge is 0.444 e. The van der Waals surface area contributed by atoms with Gasteiger partial charge < -0.3 is 9.64 Å². The first kappa shape index (κ1) is 13.9. The van der Waals surface area contributed by atoms with E-state index in [1.165, 1.54) is 38.5 Å².